The molecule has 2 aromatic carbocycles. The SMILES string of the molecule is CCOC(=O)CC1(c2c(C)c(C)cc(C)c2C)C(=O)c2ccccc2C1=O. The molecule has 2 aromatic rings. The first-order valence-corrected chi connectivity index (χ1v) is 9.17. The first-order valence-electron chi connectivity index (χ1n) is 9.17. The standard InChI is InChI=1S/C23H24O4/c1-6-27-19(24)12-23(20-15(4)13(2)11-14(3)16(20)5)21(25)17-9-7-8-10-18(17)22(23)26/h7-11H,6,12H2,1-5H3. The number of Topliss-reactive ketones (excluding diaryl/α,β-unsaturated/α-hetero) is 2. The summed E-state index contributed by atoms with van der Waals surface area (Å²) < 4.78 is 5.14. The molecular formula is C23H24O4. The Morgan fingerprint density at radius 3 is 1.85 bits per heavy atom. The summed E-state index contributed by atoms with van der Waals surface area (Å²) in [6.07, 6.45) is -0.280. The summed E-state index contributed by atoms with van der Waals surface area (Å²) >= 11 is 0. The van der Waals surface area contributed by atoms with E-state index in [9.17, 15) is 14.4 Å². The molecule has 0 saturated heterocycles. The molecule has 0 N–H and O–H groups in total. The zero-order chi connectivity index (χ0) is 19.9. The molecule has 0 atom stereocenters. The second-order valence-electron chi connectivity index (χ2n) is 7.23. The van der Waals surface area contributed by atoms with Crippen molar-refractivity contribution in [3.05, 3.63) is 69.3 Å². The van der Waals surface area contributed by atoms with Crippen LogP contribution in [0.3, 0.4) is 0 Å². The summed E-state index contributed by atoms with van der Waals surface area (Å²) in [5, 5.41) is 0. The highest BCUT2D eigenvalue weighted by Gasteiger charge is 2.56. The number of carbonyl (C=O) groups is 3. The van der Waals surface area contributed by atoms with E-state index in [0.29, 0.717) is 16.7 Å². The van der Waals surface area contributed by atoms with Crippen LogP contribution in [0.4, 0.5) is 0 Å². The van der Waals surface area contributed by atoms with Crippen molar-refractivity contribution in [1.82, 2.24) is 0 Å². The van der Waals surface area contributed by atoms with Gasteiger partial charge in [-0.05, 0) is 62.4 Å². The average Bonchev–Trinajstić information content (AvgIpc) is 2.84. The van der Waals surface area contributed by atoms with E-state index in [1.165, 1.54) is 0 Å². The van der Waals surface area contributed by atoms with Crippen molar-refractivity contribution in [2.75, 3.05) is 6.61 Å². The molecule has 0 radical (unpaired) electrons. The summed E-state index contributed by atoms with van der Waals surface area (Å²) in [6.45, 7) is 9.65. The molecule has 27 heavy (non-hydrogen) atoms. The second kappa shape index (κ2) is 6.76. The highest BCUT2D eigenvalue weighted by molar-refractivity contribution is 6.34. The van der Waals surface area contributed by atoms with Crippen LogP contribution >= 0.6 is 0 Å². The van der Waals surface area contributed by atoms with Crippen LogP contribution in [0.5, 0.6) is 0 Å². The van der Waals surface area contributed by atoms with E-state index in [-0.39, 0.29) is 24.6 Å². The lowest BCUT2D eigenvalue weighted by atomic mass is 9.69. The number of ketones is 2. The van der Waals surface area contributed by atoms with Gasteiger partial charge in [-0.3, -0.25) is 14.4 Å². The molecule has 4 nitrogen and oxygen atoms in total. The zero-order valence-electron chi connectivity index (χ0n) is 16.4. The molecule has 0 spiro atoms. The van der Waals surface area contributed by atoms with Gasteiger partial charge >= 0.3 is 5.97 Å². The van der Waals surface area contributed by atoms with E-state index in [1.807, 2.05) is 33.8 Å². The normalized spacial score (nSPS) is 15.0. The number of carbonyl (C=O) groups excluding carboxylic acids is 3. The van der Waals surface area contributed by atoms with Crippen LogP contribution in [-0.4, -0.2) is 24.1 Å². The highest BCUT2D eigenvalue weighted by atomic mass is 16.5. The van der Waals surface area contributed by atoms with Crippen LogP contribution in [0.25, 0.3) is 0 Å². The van der Waals surface area contributed by atoms with Gasteiger partial charge in [0, 0.05) is 11.1 Å². The Morgan fingerprint density at radius 1 is 0.926 bits per heavy atom. The lowest BCUT2D eigenvalue weighted by molar-refractivity contribution is -0.143. The number of fused-ring (bicyclic) bond motifs is 1. The van der Waals surface area contributed by atoms with Gasteiger partial charge < -0.3 is 4.74 Å². The van der Waals surface area contributed by atoms with Gasteiger partial charge in [0.15, 0.2) is 11.6 Å². The van der Waals surface area contributed by atoms with Crippen molar-refractivity contribution in [3.63, 3.8) is 0 Å². The number of aryl methyl sites for hydroxylation is 2. The maximum absolute atomic E-state index is 13.6. The third-order valence-electron chi connectivity index (χ3n) is 5.70. The Balaban J connectivity index is 2.35. The lowest BCUT2D eigenvalue weighted by Crippen LogP contribution is -2.42. The first kappa shape index (κ1) is 19.0. The lowest BCUT2D eigenvalue weighted by Gasteiger charge is -2.30. The van der Waals surface area contributed by atoms with Crippen molar-refractivity contribution in [2.45, 2.75) is 46.5 Å². The molecule has 3 rings (SSSR count). The fourth-order valence-corrected chi connectivity index (χ4v) is 4.20. The van der Waals surface area contributed by atoms with E-state index < -0.39 is 11.4 Å². The molecule has 0 unspecified atom stereocenters. The minimum absolute atomic E-state index is 0.203. The van der Waals surface area contributed by atoms with E-state index in [1.54, 1.807) is 31.2 Å². The van der Waals surface area contributed by atoms with Crippen molar-refractivity contribution in [2.24, 2.45) is 0 Å². The number of hydrogen-bond donors (Lipinski definition) is 0. The maximum atomic E-state index is 13.6. The van der Waals surface area contributed by atoms with Crippen molar-refractivity contribution >= 4 is 17.5 Å². The molecule has 0 aliphatic heterocycles. The number of ether oxygens (including phenoxy) is 1. The van der Waals surface area contributed by atoms with E-state index in [4.69, 9.17) is 4.74 Å². The summed E-state index contributed by atoms with van der Waals surface area (Å²) in [5.41, 5.74) is 3.59. The third kappa shape index (κ3) is 2.71. The molecule has 0 fully saturated rings. The van der Waals surface area contributed by atoms with Gasteiger partial charge in [0.2, 0.25) is 0 Å². The number of rotatable bonds is 4. The molecular weight excluding hydrogens is 340 g/mol. The summed E-state index contributed by atoms with van der Waals surface area (Å²) in [7, 11) is 0. The monoisotopic (exact) mass is 364 g/mol. The van der Waals surface area contributed by atoms with Gasteiger partial charge in [-0.15, -0.1) is 0 Å². The molecule has 1 aliphatic rings. The predicted octanol–water partition coefficient (Wildman–Crippen LogP) is 4.19. The topological polar surface area (TPSA) is 60.4 Å². The van der Waals surface area contributed by atoms with Crippen molar-refractivity contribution in [3.8, 4) is 0 Å². The van der Waals surface area contributed by atoms with Gasteiger partial charge in [-0.25, -0.2) is 0 Å². The third-order valence-corrected chi connectivity index (χ3v) is 5.70. The van der Waals surface area contributed by atoms with E-state index in [2.05, 4.69) is 0 Å². The van der Waals surface area contributed by atoms with E-state index in [0.717, 1.165) is 22.3 Å². The van der Waals surface area contributed by atoms with Gasteiger partial charge in [0.25, 0.3) is 0 Å². The van der Waals surface area contributed by atoms with Crippen LogP contribution < -0.4 is 0 Å². The number of hydrogen-bond acceptors (Lipinski definition) is 4. The minimum atomic E-state index is -1.55. The van der Waals surface area contributed by atoms with Gasteiger partial charge in [0.1, 0.15) is 5.41 Å². The average molecular weight is 364 g/mol. The Labute approximate surface area is 159 Å². The molecule has 0 saturated carbocycles. The van der Waals surface area contributed by atoms with Crippen LogP contribution in [-0.2, 0) is 14.9 Å². The Hall–Kier alpha value is -2.75. The van der Waals surface area contributed by atoms with Crippen LogP contribution in [0.15, 0.2) is 30.3 Å². The quantitative estimate of drug-likeness (QED) is 0.603. The molecule has 0 bridgehead atoms. The van der Waals surface area contributed by atoms with Crippen LogP contribution in [0.2, 0.25) is 0 Å². The highest BCUT2D eigenvalue weighted by Crippen LogP contribution is 2.46. The van der Waals surface area contributed by atoms with Gasteiger partial charge in [-0.1, -0.05) is 30.3 Å². The largest absolute Gasteiger partial charge is 0.466 e. The zero-order valence-corrected chi connectivity index (χ0v) is 16.4. The fourth-order valence-electron chi connectivity index (χ4n) is 4.20. The van der Waals surface area contributed by atoms with Crippen molar-refractivity contribution < 1.29 is 19.1 Å². The minimum Gasteiger partial charge on any atom is -0.466 e. The van der Waals surface area contributed by atoms with E-state index >= 15 is 0 Å². The molecule has 0 aromatic heterocycles. The number of esters is 1. The van der Waals surface area contributed by atoms with Crippen LogP contribution in [0, 0.1) is 27.7 Å². The van der Waals surface area contributed by atoms with Crippen molar-refractivity contribution in [1.29, 1.82) is 0 Å². The fraction of sp³-hybridized carbons (Fsp3) is 0.348. The Bertz CT molecular complexity index is 907. The summed E-state index contributed by atoms with van der Waals surface area (Å²) in [4.78, 5) is 39.6. The number of benzene rings is 2. The molecule has 140 valence electrons. The summed E-state index contributed by atoms with van der Waals surface area (Å²) in [6, 6.07) is 8.85. The Morgan fingerprint density at radius 2 is 1.41 bits per heavy atom. The first-order chi connectivity index (χ1) is 12.8. The Kier molecular flexibility index (Phi) is 4.77. The molecule has 4 heteroatoms. The maximum Gasteiger partial charge on any atom is 0.307 e. The molecule has 1 aliphatic carbocycles. The van der Waals surface area contributed by atoms with Gasteiger partial charge in [0.05, 0.1) is 13.0 Å². The van der Waals surface area contributed by atoms with Gasteiger partial charge in [-0.2, -0.15) is 0 Å². The summed E-state index contributed by atoms with van der Waals surface area (Å²) in [5.74, 6) is -1.16. The predicted molar refractivity (Wildman–Crippen MR) is 103 cm³/mol. The second-order valence-corrected chi connectivity index (χ2v) is 7.23. The molecule has 0 heterocycles. The van der Waals surface area contributed by atoms with Crippen LogP contribution in [0.1, 0.15) is 61.9 Å². The molecule has 0 amide bonds. The smallest absolute Gasteiger partial charge is 0.307 e.